The first kappa shape index (κ1) is 30.0. The Bertz CT molecular complexity index is 1120. The van der Waals surface area contributed by atoms with Gasteiger partial charge in [-0.05, 0) is 43.9 Å². The third kappa shape index (κ3) is 9.29. The van der Waals surface area contributed by atoms with E-state index in [4.69, 9.17) is 14.2 Å². The lowest BCUT2D eigenvalue weighted by Gasteiger charge is -2.27. The molecule has 1 heterocycles. The van der Waals surface area contributed by atoms with Crippen molar-refractivity contribution in [2.24, 2.45) is 0 Å². The lowest BCUT2D eigenvalue weighted by molar-refractivity contribution is -0.144. The molecular weight excluding hydrogens is 522 g/mol. The van der Waals surface area contributed by atoms with Crippen LogP contribution < -0.4 is 15.5 Å². The van der Waals surface area contributed by atoms with Gasteiger partial charge in [-0.25, -0.2) is 4.79 Å². The van der Waals surface area contributed by atoms with Gasteiger partial charge in [0, 0.05) is 17.2 Å². The first-order valence-corrected chi connectivity index (χ1v) is 13.9. The Labute approximate surface area is 232 Å². The fraction of sp³-hybridized carbons (Fsp3) is 0.429. The predicted octanol–water partition coefficient (Wildman–Crippen LogP) is 3.28. The monoisotopic (exact) mass is 557 g/mol. The summed E-state index contributed by atoms with van der Waals surface area (Å²) >= 11 is 1.47. The van der Waals surface area contributed by atoms with Crippen molar-refractivity contribution in [3.63, 3.8) is 0 Å². The molecule has 0 aromatic heterocycles. The highest BCUT2D eigenvalue weighted by molar-refractivity contribution is 7.99. The number of thioether (sulfide) groups is 1. The number of nitrogens with zero attached hydrogens (tertiary/aromatic N) is 1. The Hall–Kier alpha value is -3.57. The van der Waals surface area contributed by atoms with Gasteiger partial charge < -0.3 is 19.5 Å². The van der Waals surface area contributed by atoms with Gasteiger partial charge in [-0.2, -0.15) is 0 Å². The van der Waals surface area contributed by atoms with E-state index < -0.39 is 30.1 Å². The molecule has 0 saturated heterocycles. The van der Waals surface area contributed by atoms with Gasteiger partial charge in [-0.15, -0.1) is 11.8 Å². The van der Waals surface area contributed by atoms with Gasteiger partial charge in [0.2, 0.25) is 5.91 Å². The number of alkyl carbamates (subject to hydrolysis) is 1. The van der Waals surface area contributed by atoms with Crippen molar-refractivity contribution >= 4 is 41.4 Å². The summed E-state index contributed by atoms with van der Waals surface area (Å²) < 4.78 is 15.3. The maximum absolute atomic E-state index is 13.5. The zero-order valence-electron chi connectivity index (χ0n) is 22.2. The number of carbonyl (C=O) groups excluding carboxylic acids is 4. The summed E-state index contributed by atoms with van der Waals surface area (Å²) in [6.45, 7) is 2.26. The summed E-state index contributed by atoms with van der Waals surface area (Å²) in [4.78, 5) is 52.6. The largest absolute Gasteiger partial charge is 0.468 e. The molecule has 0 aliphatic carbocycles. The number of anilines is 1. The molecule has 1 aliphatic rings. The van der Waals surface area contributed by atoms with Crippen LogP contribution in [0.5, 0.6) is 0 Å². The summed E-state index contributed by atoms with van der Waals surface area (Å²) in [6, 6.07) is 15.3. The Kier molecular flexibility index (Phi) is 12.1. The standard InChI is InChI=1S/C28H35N3O7S/c1-3-37-25(32)17-31-23-14-7-8-15-24(23)39-19-22(26(31)33)30-21(27(34)36-2)13-9-10-16-29-28(35)38-18-20-11-5-4-6-12-20/h4-8,11-12,14-15,21-22,30H,3,9-10,13,16-19H2,1-2H3,(H,29,35)/t21?,22-/m0/s1. The highest BCUT2D eigenvalue weighted by Gasteiger charge is 2.35. The van der Waals surface area contributed by atoms with E-state index in [1.54, 1.807) is 19.1 Å². The van der Waals surface area contributed by atoms with Gasteiger partial charge in [0.1, 0.15) is 19.2 Å². The fourth-order valence-electron chi connectivity index (χ4n) is 4.06. The van der Waals surface area contributed by atoms with Crippen molar-refractivity contribution in [3.8, 4) is 0 Å². The third-order valence-electron chi connectivity index (χ3n) is 6.01. The number of carbonyl (C=O) groups is 4. The van der Waals surface area contributed by atoms with E-state index in [-0.39, 0.29) is 25.7 Å². The van der Waals surface area contributed by atoms with Crippen LogP contribution in [0, 0.1) is 0 Å². The minimum Gasteiger partial charge on any atom is -0.468 e. The van der Waals surface area contributed by atoms with Crippen LogP contribution >= 0.6 is 11.8 Å². The van der Waals surface area contributed by atoms with E-state index in [0.717, 1.165) is 10.5 Å². The van der Waals surface area contributed by atoms with Crippen LogP contribution in [0.3, 0.4) is 0 Å². The highest BCUT2D eigenvalue weighted by atomic mass is 32.2. The highest BCUT2D eigenvalue weighted by Crippen LogP contribution is 2.34. The maximum atomic E-state index is 13.5. The number of esters is 2. The number of para-hydroxylation sites is 1. The number of hydrogen-bond donors (Lipinski definition) is 2. The molecule has 11 heteroatoms. The number of unbranched alkanes of at least 4 members (excludes halogenated alkanes) is 1. The quantitative estimate of drug-likeness (QED) is 0.217. The third-order valence-corrected chi connectivity index (χ3v) is 7.16. The minimum atomic E-state index is -0.736. The predicted molar refractivity (Wildman–Crippen MR) is 147 cm³/mol. The van der Waals surface area contributed by atoms with E-state index >= 15 is 0 Å². The van der Waals surface area contributed by atoms with Crippen LogP contribution in [-0.2, 0) is 35.2 Å². The second-order valence-electron chi connectivity index (χ2n) is 8.79. The lowest BCUT2D eigenvalue weighted by Crippen LogP contribution is -2.54. The van der Waals surface area contributed by atoms with E-state index in [1.165, 1.54) is 23.8 Å². The SMILES string of the molecule is CCOC(=O)CN1C(=O)[C@@H](NC(CCCCNC(=O)OCc2ccccc2)C(=O)OC)CSc2ccccc21. The maximum Gasteiger partial charge on any atom is 0.407 e. The first-order chi connectivity index (χ1) is 18.9. The molecular formula is C28H35N3O7S. The van der Waals surface area contributed by atoms with Crippen LogP contribution in [-0.4, -0.2) is 68.6 Å². The van der Waals surface area contributed by atoms with Crippen LogP contribution in [0.4, 0.5) is 10.5 Å². The van der Waals surface area contributed by atoms with Gasteiger partial charge in [-0.3, -0.25) is 24.6 Å². The molecule has 10 nitrogen and oxygen atoms in total. The molecule has 3 rings (SSSR count). The molecule has 1 aliphatic heterocycles. The summed E-state index contributed by atoms with van der Waals surface area (Å²) in [7, 11) is 1.30. The Morgan fingerprint density at radius 2 is 1.79 bits per heavy atom. The molecule has 39 heavy (non-hydrogen) atoms. The molecule has 0 saturated carbocycles. The molecule has 0 spiro atoms. The van der Waals surface area contributed by atoms with Gasteiger partial charge >= 0.3 is 18.0 Å². The molecule has 0 bridgehead atoms. The zero-order chi connectivity index (χ0) is 28.0. The summed E-state index contributed by atoms with van der Waals surface area (Å²) in [5.74, 6) is -0.943. The molecule has 2 N–H and O–H groups in total. The van der Waals surface area contributed by atoms with E-state index in [2.05, 4.69) is 10.6 Å². The second-order valence-corrected chi connectivity index (χ2v) is 9.85. The molecule has 1 unspecified atom stereocenters. The van der Waals surface area contributed by atoms with E-state index in [0.29, 0.717) is 37.2 Å². The number of methoxy groups -OCH3 is 1. The smallest absolute Gasteiger partial charge is 0.407 e. The number of fused-ring (bicyclic) bond motifs is 1. The average Bonchev–Trinajstić information content (AvgIpc) is 3.07. The molecule has 210 valence electrons. The topological polar surface area (TPSA) is 123 Å². The van der Waals surface area contributed by atoms with Gasteiger partial charge in [0.05, 0.1) is 25.4 Å². The van der Waals surface area contributed by atoms with Crippen LogP contribution in [0.25, 0.3) is 0 Å². The molecule has 0 fully saturated rings. The number of hydrogen-bond acceptors (Lipinski definition) is 9. The number of benzene rings is 2. The number of rotatable bonds is 13. The Balaban J connectivity index is 1.54. The first-order valence-electron chi connectivity index (χ1n) is 12.9. The fourth-order valence-corrected chi connectivity index (χ4v) is 5.15. The van der Waals surface area contributed by atoms with Crippen molar-refractivity contribution in [2.75, 3.05) is 37.5 Å². The molecule has 0 radical (unpaired) electrons. The van der Waals surface area contributed by atoms with Crippen molar-refractivity contribution in [1.29, 1.82) is 0 Å². The van der Waals surface area contributed by atoms with Gasteiger partial charge in [-0.1, -0.05) is 42.5 Å². The van der Waals surface area contributed by atoms with E-state index in [1.807, 2.05) is 42.5 Å². The summed E-state index contributed by atoms with van der Waals surface area (Å²) in [6.07, 6.45) is 1.08. The Morgan fingerprint density at radius 3 is 2.54 bits per heavy atom. The van der Waals surface area contributed by atoms with Crippen molar-refractivity contribution < 1.29 is 33.4 Å². The van der Waals surface area contributed by atoms with Crippen molar-refractivity contribution in [2.45, 2.75) is 49.8 Å². The number of amides is 2. The average molecular weight is 558 g/mol. The Morgan fingerprint density at radius 1 is 1.05 bits per heavy atom. The van der Waals surface area contributed by atoms with Crippen LogP contribution in [0.2, 0.25) is 0 Å². The van der Waals surface area contributed by atoms with E-state index in [9.17, 15) is 19.2 Å². The molecule has 2 amide bonds. The number of nitrogens with one attached hydrogen (secondary N) is 2. The zero-order valence-corrected chi connectivity index (χ0v) is 23.0. The summed E-state index contributed by atoms with van der Waals surface area (Å²) in [5.41, 5.74) is 1.53. The van der Waals surface area contributed by atoms with Crippen LogP contribution in [0.1, 0.15) is 31.7 Å². The molecule has 2 aromatic rings. The summed E-state index contributed by atoms with van der Waals surface area (Å²) in [5, 5.41) is 5.86. The van der Waals surface area contributed by atoms with Gasteiger partial charge in [0.25, 0.3) is 0 Å². The second kappa shape index (κ2) is 15.7. The number of ether oxygens (including phenoxy) is 3. The normalized spacial score (nSPS) is 15.5. The van der Waals surface area contributed by atoms with Crippen molar-refractivity contribution in [3.05, 3.63) is 60.2 Å². The lowest BCUT2D eigenvalue weighted by atomic mass is 10.1. The molecule has 2 atom stereocenters. The van der Waals surface area contributed by atoms with Crippen molar-refractivity contribution in [1.82, 2.24) is 10.6 Å². The minimum absolute atomic E-state index is 0.186. The van der Waals surface area contributed by atoms with Crippen LogP contribution in [0.15, 0.2) is 59.5 Å². The molecule has 2 aromatic carbocycles. The van der Waals surface area contributed by atoms with Gasteiger partial charge in [0.15, 0.2) is 0 Å².